The largest absolute Gasteiger partial charge is 0.360 e. The average molecular weight is 441 g/mol. The fraction of sp³-hybridized carbons (Fsp3) is 0.444. The highest BCUT2D eigenvalue weighted by Crippen LogP contribution is 2.18. The molecule has 2 heterocycles. The normalized spacial score (nSPS) is 16.0. The van der Waals surface area contributed by atoms with Gasteiger partial charge in [0.15, 0.2) is 5.82 Å². The van der Waals surface area contributed by atoms with Gasteiger partial charge in [0.05, 0.1) is 0 Å². The van der Waals surface area contributed by atoms with Crippen LogP contribution in [0.2, 0.25) is 0 Å². The molecule has 1 aromatic carbocycles. The van der Waals surface area contributed by atoms with Gasteiger partial charge in [-0.05, 0) is 30.7 Å². The molecule has 1 aromatic heterocycles. The van der Waals surface area contributed by atoms with E-state index in [0.29, 0.717) is 49.7 Å². The van der Waals surface area contributed by atoms with Crippen LogP contribution in [0.25, 0.3) is 0 Å². The van der Waals surface area contributed by atoms with Crippen LogP contribution in [0.5, 0.6) is 0 Å². The van der Waals surface area contributed by atoms with Gasteiger partial charge in [-0.25, -0.2) is 9.18 Å². The Hall–Kier alpha value is -2.54. The topological polar surface area (TPSA) is 111 Å². The number of aryl methyl sites for hydroxylation is 1. The van der Waals surface area contributed by atoms with Crippen LogP contribution in [0, 0.1) is 12.7 Å². The minimum atomic E-state index is -3.43. The zero-order valence-corrected chi connectivity index (χ0v) is 17.9. The second-order valence-electron chi connectivity index (χ2n) is 7.22. The van der Waals surface area contributed by atoms with Crippen molar-refractivity contribution in [3.63, 3.8) is 0 Å². The van der Waals surface area contributed by atoms with Crippen molar-refractivity contribution in [2.75, 3.05) is 50.9 Å². The minimum absolute atomic E-state index is 0.257. The molecule has 0 atom stereocenters. The van der Waals surface area contributed by atoms with E-state index in [-0.39, 0.29) is 5.82 Å². The number of hydrogen-bond acceptors (Lipinski definition) is 6. The standard InChI is InChI=1S/C18H25FN6O4S/c1-13-8-17(22-29-13)21-18(26)20-16-10-14(9-15(19)11-16)12-24-4-6-25(7-5-24)30(27,28)23(2)3/h8-11H,4-7,12H2,1-3H3,(H2,20,21,22,26). The summed E-state index contributed by atoms with van der Waals surface area (Å²) >= 11 is 0. The summed E-state index contributed by atoms with van der Waals surface area (Å²) in [5.41, 5.74) is 0.975. The third kappa shape index (κ3) is 5.53. The van der Waals surface area contributed by atoms with E-state index < -0.39 is 22.1 Å². The molecule has 2 aromatic rings. The van der Waals surface area contributed by atoms with Gasteiger partial charge in [-0.3, -0.25) is 10.2 Å². The molecule has 0 radical (unpaired) electrons. The van der Waals surface area contributed by atoms with Crippen LogP contribution in [0.4, 0.5) is 20.7 Å². The highest BCUT2D eigenvalue weighted by Gasteiger charge is 2.28. The number of hydrogen-bond donors (Lipinski definition) is 2. The summed E-state index contributed by atoms with van der Waals surface area (Å²) in [6, 6.07) is 5.29. The molecule has 1 saturated heterocycles. The summed E-state index contributed by atoms with van der Waals surface area (Å²) in [5.74, 6) is 0.331. The lowest BCUT2D eigenvalue weighted by Gasteiger charge is -2.35. The monoisotopic (exact) mass is 440 g/mol. The first-order chi connectivity index (χ1) is 14.1. The number of carbonyl (C=O) groups is 1. The van der Waals surface area contributed by atoms with Gasteiger partial charge in [0, 0.05) is 58.6 Å². The van der Waals surface area contributed by atoms with Gasteiger partial charge in [0.1, 0.15) is 11.6 Å². The number of benzene rings is 1. The minimum Gasteiger partial charge on any atom is -0.360 e. The van der Waals surface area contributed by atoms with E-state index in [2.05, 4.69) is 15.8 Å². The summed E-state index contributed by atoms with van der Waals surface area (Å²) < 4.78 is 46.0. The number of halogens is 1. The van der Waals surface area contributed by atoms with Crippen LogP contribution in [0.1, 0.15) is 11.3 Å². The number of anilines is 2. The molecule has 1 aliphatic heterocycles. The third-order valence-corrected chi connectivity index (χ3v) is 6.55. The van der Waals surface area contributed by atoms with E-state index in [0.717, 1.165) is 0 Å². The summed E-state index contributed by atoms with van der Waals surface area (Å²) in [4.78, 5) is 14.1. The number of urea groups is 1. The van der Waals surface area contributed by atoms with Gasteiger partial charge in [0.25, 0.3) is 10.2 Å². The van der Waals surface area contributed by atoms with Crippen molar-refractivity contribution in [1.29, 1.82) is 0 Å². The first-order valence-corrected chi connectivity index (χ1v) is 10.7. The maximum absolute atomic E-state index is 14.1. The van der Waals surface area contributed by atoms with Crippen molar-refractivity contribution in [2.24, 2.45) is 0 Å². The van der Waals surface area contributed by atoms with Gasteiger partial charge >= 0.3 is 6.03 Å². The van der Waals surface area contributed by atoms with Crippen molar-refractivity contribution in [1.82, 2.24) is 18.7 Å². The molecule has 0 aliphatic carbocycles. The number of nitrogens with zero attached hydrogens (tertiary/aromatic N) is 4. The lowest BCUT2D eigenvalue weighted by atomic mass is 10.1. The molecule has 0 spiro atoms. The summed E-state index contributed by atoms with van der Waals surface area (Å²) in [6.07, 6.45) is 0. The number of rotatable bonds is 6. The highest BCUT2D eigenvalue weighted by molar-refractivity contribution is 7.86. The van der Waals surface area contributed by atoms with Crippen molar-refractivity contribution in [3.05, 3.63) is 41.4 Å². The molecule has 10 nitrogen and oxygen atoms in total. The maximum Gasteiger partial charge on any atom is 0.324 e. The van der Waals surface area contributed by atoms with Crippen LogP contribution < -0.4 is 10.6 Å². The van der Waals surface area contributed by atoms with Gasteiger partial charge in [-0.1, -0.05) is 5.16 Å². The lowest BCUT2D eigenvalue weighted by Crippen LogP contribution is -2.51. The molecule has 2 N–H and O–H groups in total. The Balaban J connectivity index is 1.58. The van der Waals surface area contributed by atoms with Crippen LogP contribution in [-0.2, 0) is 16.8 Å². The molecule has 1 aliphatic rings. The second-order valence-corrected chi connectivity index (χ2v) is 9.36. The SMILES string of the molecule is Cc1cc(NC(=O)Nc2cc(F)cc(CN3CCN(S(=O)(=O)N(C)C)CC3)c2)no1. The van der Waals surface area contributed by atoms with E-state index >= 15 is 0 Å². The molecule has 1 fully saturated rings. The molecular formula is C18H25FN6O4S. The van der Waals surface area contributed by atoms with E-state index in [4.69, 9.17) is 4.52 Å². The Morgan fingerprint density at radius 3 is 2.47 bits per heavy atom. The summed E-state index contributed by atoms with van der Waals surface area (Å²) in [7, 11) is -0.428. The van der Waals surface area contributed by atoms with Crippen molar-refractivity contribution >= 4 is 27.7 Å². The molecule has 0 bridgehead atoms. The van der Waals surface area contributed by atoms with Crippen molar-refractivity contribution in [3.8, 4) is 0 Å². The molecular weight excluding hydrogens is 415 g/mol. The van der Waals surface area contributed by atoms with Crippen LogP contribution in [-0.4, -0.2) is 73.4 Å². The predicted octanol–water partition coefficient (Wildman–Crippen LogP) is 1.69. The third-order valence-electron chi connectivity index (χ3n) is 4.61. The number of aromatic nitrogens is 1. The van der Waals surface area contributed by atoms with E-state index in [1.54, 1.807) is 19.1 Å². The second kappa shape index (κ2) is 9.08. The smallest absolute Gasteiger partial charge is 0.324 e. The quantitative estimate of drug-likeness (QED) is 0.707. The molecule has 0 unspecified atom stereocenters. The molecule has 12 heteroatoms. The average Bonchev–Trinajstić information content (AvgIpc) is 3.06. The zero-order chi connectivity index (χ0) is 21.9. The van der Waals surface area contributed by atoms with E-state index in [1.807, 2.05) is 4.90 Å². The summed E-state index contributed by atoms with van der Waals surface area (Å²) in [6.45, 7) is 3.91. The maximum atomic E-state index is 14.1. The Labute approximate surface area is 174 Å². The van der Waals surface area contributed by atoms with Gasteiger partial charge in [0.2, 0.25) is 0 Å². The predicted molar refractivity (Wildman–Crippen MR) is 110 cm³/mol. The van der Waals surface area contributed by atoms with Gasteiger partial charge in [-0.15, -0.1) is 0 Å². The van der Waals surface area contributed by atoms with Gasteiger partial charge < -0.3 is 9.84 Å². The van der Waals surface area contributed by atoms with Gasteiger partial charge in [-0.2, -0.15) is 17.0 Å². The molecule has 2 amide bonds. The zero-order valence-electron chi connectivity index (χ0n) is 17.1. The first kappa shape index (κ1) is 22.2. The number of nitrogens with one attached hydrogen (secondary N) is 2. The number of piperazine rings is 1. The van der Waals surface area contributed by atoms with Crippen molar-refractivity contribution < 1.29 is 22.1 Å². The molecule has 0 saturated carbocycles. The molecule has 164 valence electrons. The van der Waals surface area contributed by atoms with Crippen LogP contribution in [0.3, 0.4) is 0 Å². The molecule has 3 rings (SSSR count). The fourth-order valence-corrected chi connectivity index (χ4v) is 4.21. The van der Waals surface area contributed by atoms with E-state index in [9.17, 15) is 17.6 Å². The highest BCUT2D eigenvalue weighted by atomic mass is 32.2. The first-order valence-electron chi connectivity index (χ1n) is 9.34. The number of carbonyl (C=O) groups excluding carboxylic acids is 1. The van der Waals surface area contributed by atoms with Crippen LogP contribution >= 0.6 is 0 Å². The Morgan fingerprint density at radius 2 is 1.87 bits per heavy atom. The van der Waals surface area contributed by atoms with E-state index in [1.165, 1.54) is 34.8 Å². The fourth-order valence-electron chi connectivity index (χ4n) is 3.13. The Kier molecular flexibility index (Phi) is 6.71. The van der Waals surface area contributed by atoms with Crippen molar-refractivity contribution in [2.45, 2.75) is 13.5 Å². The van der Waals surface area contributed by atoms with Crippen LogP contribution in [0.15, 0.2) is 28.8 Å². The Bertz CT molecular complexity index is 1000. The summed E-state index contributed by atoms with van der Waals surface area (Å²) in [5, 5.41) is 8.75. The number of amides is 2. The lowest BCUT2D eigenvalue weighted by molar-refractivity contribution is 0.177. The molecule has 30 heavy (non-hydrogen) atoms. The Morgan fingerprint density at radius 1 is 1.17 bits per heavy atom.